The molecule has 208 valence electrons. The van der Waals surface area contributed by atoms with Gasteiger partial charge in [0.05, 0.1) is 12.8 Å². The predicted octanol–water partition coefficient (Wildman–Crippen LogP) is 3.10. The minimum Gasteiger partial charge on any atom is -0.495 e. The van der Waals surface area contributed by atoms with E-state index in [1.807, 2.05) is 17.0 Å². The molecule has 2 saturated heterocycles. The van der Waals surface area contributed by atoms with Gasteiger partial charge in [-0.15, -0.1) is 0 Å². The van der Waals surface area contributed by atoms with E-state index in [2.05, 4.69) is 45.3 Å². The highest BCUT2D eigenvalue weighted by Crippen LogP contribution is 2.44. The van der Waals surface area contributed by atoms with Crippen LogP contribution in [0.25, 0.3) is 0 Å². The summed E-state index contributed by atoms with van der Waals surface area (Å²) < 4.78 is 5.78. The molecule has 4 heterocycles. The molecule has 2 N–H and O–H groups in total. The highest BCUT2D eigenvalue weighted by molar-refractivity contribution is 6.14. The molecule has 0 bridgehead atoms. The summed E-state index contributed by atoms with van der Waals surface area (Å²) in [5, 5.41) is 6.22. The Labute approximate surface area is 230 Å². The number of nitrogens with one attached hydrogen (secondary N) is 2. The van der Waals surface area contributed by atoms with E-state index in [1.165, 1.54) is 0 Å². The van der Waals surface area contributed by atoms with Crippen LogP contribution in [0.4, 0.5) is 23.1 Å². The molecule has 1 aliphatic carbocycles. The van der Waals surface area contributed by atoms with Crippen molar-refractivity contribution < 1.29 is 14.3 Å². The van der Waals surface area contributed by atoms with E-state index in [9.17, 15) is 9.59 Å². The monoisotopic (exact) mass is 533 g/mol. The van der Waals surface area contributed by atoms with Gasteiger partial charge >= 0.3 is 0 Å². The topological polar surface area (TPSA) is 103 Å². The van der Waals surface area contributed by atoms with Gasteiger partial charge in [0, 0.05) is 74.7 Å². The maximum absolute atomic E-state index is 13.9. The number of aromatic nitrogens is 2. The number of carbonyl (C=O) groups excluding carboxylic acids is 2. The molecule has 1 aromatic carbocycles. The van der Waals surface area contributed by atoms with Crippen LogP contribution >= 0.6 is 0 Å². The van der Waals surface area contributed by atoms with Gasteiger partial charge in [0.2, 0.25) is 17.8 Å². The third-order valence-corrected chi connectivity index (χ3v) is 8.97. The summed E-state index contributed by atoms with van der Waals surface area (Å²) in [5.41, 5.74) is 1.73. The number of anilines is 4. The zero-order valence-corrected chi connectivity index (χ0v) is 23.2. The van der Waals surface area contributed by atoms with Crippen molar-refractivity contribution in [2.75, 3.05) is 55.0 Å². The summed E-state index contributed by atoms with van der Waals surface area (Å²) in [6.07, 6.45) is 6.68. The van der Waals surface area contributed by atoms with Gasteiger partial charge in [-0.1, -0.05) is 12.8 Å². The quantitative estimate of drug-likeness (QED) is 0.546. The molecule has 2 aromatic rings. The SMILES string of the molecule is COc1cc(Nc2ncc3c(n2)N(C2CCCC2)C(=O)C2(CCNC2=O)C3)ccc1N1CCN(C(C)C)CC1. The third-order valence-electron chi connectivity index (χ3n) is 8.97. The van der Waals surface area contributed by atoms with Gasteiger partial charge in [0.1, 0.15) is 17.0 Å². The van der Waals surface area contributed by atoms with Crippen LogP contribution in [0.15, 0.2) is 24.4 Å². The number of benzene rings is 1. The van der Waals surface area contributed by atoms with Crippen LogP contribution in [-0.4, -0.2) is 78.6 Å². The van der Waals surface area contributed by atoms with Gasteiger partial charge in [0.25, 0.3) is 0 Å². The van der Waals surface area contributed by atoms with E-state index in [0.717, 1.165) is 74.6 Å². The molecule has 39 heavy (non-hydrogen) atoms. The first-order valence-corrected chi connectivity index (χ1v) is 14.3. The molecule has 6 rings (SSSR count). The van der Waals surface area contributed by atoms with E-state index in [1.54, 1.807) is 13.3 Å². The first kappa shape index (κ1) is 25.9. The lowest BCUT2D eigenvalue weighted by Gasteiger charge is -2.40. The smallest absolute Gasteiger partial charge is 0.244 e. The van der Waals surface area contributed by atoms with Gasteiger partial charge in [-0.3, -0.25) is 19.4 Å². The van der Waals surface area contributed by atoms with Crippen molar-refractivity contribution >= 4 is 35.0 Å². The molecule has 1 aromatic heterocycles. The summed E-state index contributed by atoms with van der Waals surface area (Å²) in [6, 6.07) is 6.71. The van der Waals surface area contributed by atoms with E-state index in [-0.39, 0.29) is 17.9 Å². The molecular formula is C29H39N7O3. The molecule has 1 spiro atoms. The lowest BCUT2D eigenvalue weighted by Crippen LogP contribution is -2.56. The third kappa shape index (κ3) is 4.58. The second-order valence-corrected chi connectivity index (χ2v) is 11.5. The highest BCUT2D eigenvalue weighted by Gasteiger charge is 2.56. The van der Waals surface area contributed by atoms with E-state index in [4.69, 9.17) is 9.72 Å². The summed E-state index contributed by atoms with van der Waals surface area (Å²) in [5.74, 6) is 1.59. The van der Waals surface area contributed by atoms with Crippen molar-refractivity contribution in [3.05, 3.63) is 30.0 Å². The fourth-order valence-corrected chi connectivity index (χ4v) is 6.69. The van der Waals surface area contributed by atoms with Crippen molar-refractivity contribution in [2.24, 2.45) is 5.41 Å². The van der Waals surface area contributed by atoms with Gasteiger partial charge in [0.15, 0.2) is 0 Å². The first-order valence-electron chi connectivity index (χ1n) is 14.3. The number of hydrogen-bond donors (Lipinski definition) is 2. The fourth-order valence-electron chi connectivity index (χ4n) is 6.69. The maximum Gasteiger partial charge on any atom is 0.244 e. The highest BCUT2D eigenvalue weighted by atomic mass is 16.5. The lowest BCUT2D eigenvalue weighted by atomic mass is 9.76. The van der Waals surface area contributed by atoms with Gasteiger partial charge in [-0.25, -0.2) is 4.98 Å². The Kier molecular flexibility index (Phi) is 6.82. The molecule has 10 nitrogen and oxygen atoms in total. The number of fused-ring (bicyclic) bond motifs is 1. The molecule has 1 atom stereocenters. The largest absolute Gasteiger partial charge is 0.495 e. The number of ether oxygens (including phenoxy) is 1. The fraction of sp³-hybridized carbons (Fsp3) is 0.586. The van der Waals surface area contributed by atoms with Crippen LogP contribution in [0.1, 0.15) is 51.5 Å². The Balaban J connectivity index is 1.26. The van der Waals surface area contributed by atoms with Crippen molar-refractivity contribution in [3.8, 4) is 5.75 Å². The number of amides is 2. The zero-order valence-electron chi connectivity index (χ0n) is 23.2. The second-order valence-electron chi connectivity index (χ2n) is 11.5. The van der Waals surface area contributed by atoms with Crippen LogP contribution < -0.4 is 25.2 Å². The Morgan fingerprint density at radius 1 is 1.13 bits per heavy atom. The number of methoxy groups -OCH3 is 1. The first-order chi connectivity index (χ1) is 18.9. The molecule has 1 unspecified atom stereocenters. The summed E-state index contributed by atoms with van der Waals surface area (Å²) >= 11 is 0. The predicted molar refractivity (Wildman–Crippen MR) is 151 cm³/mol. The standard InChI is InChI=1S/C29H39N7O3/c1-19(2)34-12-14-35(15-13-34)23-9-8-21(16-24(23)39-3)32-28-31-18-20-17-29(10-11-30-26(29)37)27(38)36(25(20)33-28)22-6-4-5-7-22/h8-9,16,18-19,22H,4-7,10-15,17H2,1-3H3,(H,30,37)(H,31,32,33). The molecule has 2 amide bonds. The Hall–Kier alpha value is -3.40. The van der Waals surface area contributed by atoms with Gasteiger partial charge in [-0.2, -0.15) is 4.98 Å². The molecule has 4 aliphatic rings. The summed E-state index contributed by atoms with van der Waals surface area (Å²) in [6.45, 7) is 8.99. The molecule has 1 saturated carbocycles. The Morgan fingerprint density at radius 2 is 1.90 bits per heavy atom. The number of carbonyl (C=O) groups is 2. The number of nitrogens with zero attached hydrogens (tertiary/aromatic N) is 5. The molecule has 3 fully saturated rings. The molecule has 10 heteroatoms. The minimum absolute atomic E-state index is 0.0696. The lowest BCUT2D eigenvalue weighted by molar-refractivity contribution is -0.140. The van der Waals surface area contributed by atoms with Crippen molar-refractivity contribution in [1.29, 1.82) is 0 Å². The molecular weight excluding hydrogens is 494 g/mol. The van der Waals surface area contributed by atoms with Crippen molar-refractivity contribution in [3.63, 3.8) is 0 Å². The van der Waals surface area contributed by atoms with Crippen LogP contribution in [0.3, 0.4) is 0 Å². The average Bonchev–Trinajstić information content (AvgIpc) is 3.60. The zero-order chi connectivity index (χ0) is 27.1. The Bertz CT molecular complexity index is 1250. The van der Waals surface area contributed by atoms with Crippen LogP contribution in [0.2, 0.25) is 0 Å². The number of rotatable bonds is 6. The van der Waals surface area contributed by atoms with Gasteiger partial charge < -0.3 is 20.3 Å². The van der Waals surface area contributed by atoms with Gasteiger partial charge in [-0.05, 0) is 45.2 Å². The van der Waals surface area contributed by atoms with E-state index >= 15 is 0 Å². The van der Waals surface area contributed by atoms with E-state index < -0.39 is 5.41 Å². The summed E-state index contributed by atoms with van der Waals surface area (Å²) in [7, 11) is 1.70. The average molecular weight is 534 g/mol. The normalized spacial score (nSPS) is 24.0. The number of piperazine rings is 1. The summed E-state index contributed by atoms with van der Waals surface area (Å²) in [4.78, 5) is 42.9. The Morgan fingerprint density at radius 3 is 2.56 bits per heavy atom. The molecule has 3 aliphatic heterocycles. The maximum atomic E-state index is 13.9. The van der Waals surface area contributed by atoms with Crippen LogP contribution in [0.5, 0.6) is 5.75 Å². The minimum atomic E-state index is -1.03. The number of hydrogen-bond acceptors (Lipinski definition) is 8. The van der Waals surface area contributed by atoms with E-state index in [0.29, 0.717) is 37.2 Å². The van der Waals surface area contributed by atoms with Crippen LogP contribution in [-0.2, 0) is 16.0 Å². The van der Waals surface area contributed by atoms with Crippen molar-refractivity contribution in [2.45, 2.75) is 64.5 Å². The molecule has 0 radical (unpaired) electrons. The van der Waals surface area contributed by atoms with Crippen LogP contribution in [0, 0.1) is 5.41 Å². The second kappa shape index (κ2) is 10.3. The van der Waals surface area contributed by atoms with Crippen molar-refractivity contribution in [1.82, 2.24) is 20.2 Å².